The summed E-state index contributed by atoms with van der Waals surface area (Å²) in [6.45, 7) is 7.25. The second-order valence-electron chi connectivity index (χ2n) is 8.80. The number of hydrogen-bond acceptors (Lipinski definition) is 4. The molecule has 0 bridgehead atoms. The number of carbonyl (C=O) groups excluding carboxylic acids is 2. The van der Waals surface area contributed by atoms with Crippen molar-refractivity contribution in [1.82, 2.24) is 10.2 Å². The van der Waals surface area contributed by atoms with E-state index >= 15 is 0 Å². The van der Waals surface area contributed by atoms with Crippen LogP contribution in [0.5, 0.6) is 0 Å². The van der Waals surface area contributed by atoms with Gasteiger partial charge in [0.2, 0.25) is 5.91 Å². The van der Waals surface area contributed by atoms with Gasteiger partial charge in [-0.3, -0.25) is 9.59 Å². The highest BCUT2D eigenvalue weighted by Gasteiger charge is 2.21. The van der Waals surface area contributed by atoms with Gasteiger partial charge in [-0.2, -0.15) is 0 Å². The number of hydrogen-bond donors (Lipinski definition) is 1. The Morgan fingerprint density at radius 1 is 0.906 bits per heavy atom. The van der Waals surface area contributed by atoms with Crippen molar-refractivity contribution in [2.24, 2.45) is 5.92 Å². The maximum Gasteiger partial charge on any atom is 0.251 e. The summed E-state index contributed by atoms with van der Waals surface area (Å²) in [4.78, 5) is 28.3. The number of rotatable bonds is 6. The van der Waals surface area contributed by atoms with E-state index in [0.29, 0.717) is 18.0 Å². The Morgan fingerprint density at radius 2 is 1.53 bits per heavy atom. The summed E-state index contributed by atoms with van der Waals surface area (Å²) >= 11 is 0. The summed E-state index contributed by atoms with van der Waals surface area (Å²) in [7, 11) is 0. The molecule has 2 amide bonds. The fraction of sp³-hybridized carbons (Fsp3) is 0.462. The van der Waals surface area contributed by atoms with E-state index in [4.69, 9.17) is 4.74 Å². The zero-order chi connectivity index (χ0) is 22.3. The predicted octanol–water partition coefficient (Wildman–Crippen LogP) is 3.25. The van der Waals surface area contributed by atoms with Gasteiger partial charge >= 0.3 is 0 Å². The first kappa shape index (κ1) is 22.3. The highest BCUT2D eigenvalue weighted by atomic mass is 16.5. The van der Waals surface area contributed by atoms with Crippen LogP contribution in [0.4, 0.5) is 5.69 Å². The standard InChI is InChI=1S/C26H33N3O3/c1-20(30)28-12-10-22(11-13-28)18-21-2-6-24(7-3-21)26(31)27-19-23-4-8-25(9-5-23)29-14-16-32-17-15-29/h2-9,22H,10-19H2,1H3,(H,27,31). The molecule has 2 fully saturated rings. The number of benzene rings is 2. The van der Waals surface area contributed by atoms with Crippen LogP contribution in [0.25, 0.3) is 0 Å². The highest BCUT2D eigenvalue weighted by molar-refractivity contribution is 5.94. The van der Waals surface area contributed by atoms with Crippen LogP contribution in [0.15, 0.2) is 48.5 Å². The van der Waals surface area contributed by atoms with Gasteiger partial charge in [0.05, 0.1) is 13.2 Å². The van der Waals surface area contributed by atoms with E-state index in [0.717, 1.165) is 64.2 Å². The molecule has 6 nitrogen and oxygen atoms in total. The summed E-state index contributed by atoms with van der Waals surface area (Å²) in [5, 5.41) is 3.02. The Morgan fingerprint density at radius 3 is 2.16 bits per heavy atom. The molecule has 0 radical (unpaired) electrons. The van der Waals surface area contributed by atoms with Crippen molar-refractivity contribution in [2.45, 2.75) is 32.7 Å². The quantitative estimate of drug-likeness (QED) is 0.757. The molecule has 0 aliphatic carbocycles. The minimum absolute atomic E-state index is 0.0522. The monoisotopic (exact) mass is 435 g/mol. The van der Waals surface area contributed by atoms with Crippen LogP contribution < -0.4 is 10.2 Å². The average Bonchev–Trinajstić information content (AvgIpc) is 2.84. The first-order valence-corrected chi connectivity index (χ1v) is 11.6. The summed E-state index contributed by atoms with van der Waals surface area (Å²) in [5.41, 5.74) is 4.22. The van der Waals surface area contributed by atoms with Crippen molar-refractivity contribution in [2.75, 3.05) is 44.3 Å². The minimum atomic E-state index is -0.0522. The molecule has 0 spiro atoms. The van der Waals surface area contributed by atoms with Crippen LogP contribution in [0, 0.1) is 5.92 Å². The normalized spacial score (nSPS) is 17.3. The first-order valence-electron chi connectivity index (χ1n) is 11.6. The zero-order valence-electron chi connectivity index (χ0n) is 18.9. The molecule has 0 aromatic heterocycles. The predicted molar refractivity (Wildman–Crippen MR) is 126 cm³/mol. The number of ether oxygens (including phenoxy) is 1. The van der Waals surface area contributed by atoms with Gasteiger partial charge in [0.15, 0.2) is 0 Å². The van der Waals surface area contributed by atoms with Crippen molar-refractivity contribution in [3.8, 4) is 0 Å². The van der Waals surface area contributed by atoms with Gasteiger partial charge < -0.3 is 19.9 Å². The molecule has 0 atom stereocenters. The smallest absolute Gasteiger partial charge is 0.251 e. The Hall–Kier alpha value is -2.86. The third-order valence-corrected chi connectivity index (χ3v) is 6.57. The molecule has 4 rings (SSSR count). The largest absolute Gasteiger partial charge is 0.378 e. The highest BCUT2D eigenvalue weighted by Crippen LogP contribution is 2.22. The van der Waals surface area contributed by atoms with E-state index in [1.807, 2.05) is 17.0 Å². The van der Waals surface area contributed by atoms with Gasteiger partial charge in [0.1, 0.15) is 0 Å². The van der Waals surface area contributed by atoms with Crippen molar-refractivity contribution >= 4 is 17.5 Å². The van der Waals surface area contributed by atoms with Crippen molar-refractivity contribution < 1.29 is 14.3 Å². The number of nitrogens with one attached hydrogen (secondary N) is 1. The number of likely N-dealkylation sites (tertiary alicyclic amines) is 1. The van der Waals surface area contributed by atoms with Crippen LogP contribution in [0.1, 0.15) is 41.3 Å². The molecule has 32 heavy (non-hydrogen) atoms. The molecule has 2 aromatic rings. The summed E-state index contributed by atoms with van der Waals surface area (Å²) < 4.78 is 5.41. The topological polar surface area (TPSA) is 61.9 Å². The maximum absolute atomic E-state index is 12.6. The van der Waals surface area contributed by atoms with Crippen LogP contribution in [-0.4, -0.2) is 56.1 Å². The third-order valence-electron chi connectivity index (χ3n) is 6.57. The number of morpholine rings is 1. The van der Waals surface area contributed by atoms with Crippen molar-refractivity contribution in [3.63, 3.8) is 0 Å². The lowest BCUT2D eigenvalue weighted by Gasteiger charge is -2.31. The van der Waals surface area contributed by atoms with Crippen molar-refractivity contribution in [1.29, 1.82) is 0 Å². The van der Waals surface area contributed by atoms with Crippen LogP contribution in [0.2, 0.25) is 0 Å². The zero-order valence-corrected chi connectivity index (χ0v) is 18.9. The lowest BCUT2D eigenvalue weighted by Crippen LogP contribution is -2.37. The van der Waals surface area contributed by atoms with Gasteiger partial charge in [0, 0.05) is 50.9 Å². The fourth-order valence-corrected chi connectivity index (χ4v) is 4.51. The molecule has 0 unspecified atom stereocenters. The third kappa shape index (κ3) is 5.88. The summed E-state index contributed by atoms with van der Waals surface area (Å²) in [5.74, 6) is 0.723. The number of anilines is 1. The molecule has 170 valence electrons. The van der Waals surface area contributed by atoms with Gasteiger partial charge in [-0.1, -0.05) is 24.3 Å². The van der Waals surface area contributed by atoms with E-state index in [9.17, 15) is 9.59 Å². The molecule has 2 saturated heterocycles. The van der Waals surface area contributed by atoms with Gasteiger partial charge in [-0.25, -0.2) is 0 Å². The average molecular weight is 436 g/mol. The number of nitrogens with zero attached hydrogens (tertiary/aromatic N) is 2. The Kier molecular flexibility index (Phi) is 7.43. The lowest BCUT2D eigenvalue weighted by atomic mass is 9.90. The Bertz CT molecular complexity index is 897. The van der Waals surface area contributed by atoms with Crippen LogP contribution in [0.3, 0.4) is 0 Å². The Balaban J connectivity index is 1.24. The summed E-state index contributed by atoms with van der Waals surface area (Å²) in [6.07, 6.45) is 3.10. The molecule has 2 aromatic carbocycles. The van der Waals surface area contributed by atoms with Crippen molar-refractivity contribution in [3.05, 3.63) is 65.2 Å². The van der Waals surface area contributed by atoms with E-state index in [-0.39, 0.29) is 11.8 Å². The number of piperidine rings is 1. The molecule has 2 heterocycles. The lowest BCUT2D eigenvalue weighted by molar-refractivity contribution is -0.130. The fourth-order valence-electron chi connectivity index (χ4n) is 4.51. The van der Waals surface area contributed by atoms with Gasteiger partial charge in [0.25, 0.3) is 5.91 Å². The summed E-state index contributed by atoms with van der Waals surface area (Å²) in [6, 6.07) is 16.3. The van der Waals surface area contributed by atoms with Gasteiger partial charge in [-0.05, 0) is 60.6 Å². The minimum Gasteiger partial charge on any atom is -0.378 e. The molecule has 6 heteroatoms. The van der Waals surface area contributed by atoms with Gasteiger partial charge in [-0.15, -0.1) is 0 Å². The Labute approximate surface area is 190 Å². The maximum atomic E-state index is 12.6. The molecular weight excluding hydrogens is 402 g/mol. The first-order chi connectivity index (χ1) is 15.6. The number of carbonyl (C=O) groups is 2. The molecular formula is C26H33N3O3. The number of amides is 2. The second kappa shape index (κ2) is 10.6. The van der Waals surface area contributed by atoms with E-state index in [1.165, 1.54) is 11.3 Å². The molecule has 2 aliphatic heterocycles. The van der Waals surface area contributed by atoms with E-state index in [2.05, 4.69) is 46.6 Å². The SMILES string of the molecule is CC(=O)N1CCC(Cc2ccc(C(=O)NCc3ccc(N4CCOCC4)cc3)cc2)CC1. The molecule has 2 aliphatic rings. The van der Waals surface area contributed by atoms with E-state index < -0.39 is 0 Å². The van der Waals surface area contributed by atoms with Crippen LogP contribution >= 0.6 is 0 Å². The van der Waals surface area contributed by atoms with E-state index in [1.54, 1.807) is 6.92 Å². The molecule has 0 saturated carbocycles. The molecule has 1 N–H and O–H groups in total. The second-order valence-corrected chi connectivity index (χ2v) is 8.80. The van der Waals surface area contributed by atoms with Crippen LogP contribution in [-0.2, 0) is 22.5 Å².